The normalized spacial score (nSPS) is 27.2. The predicted octanol–water partition coefficient (Wildman–Crippen LogP) is 6.28. The van der Waals surface area contributed by atoms with Crippen LogP contribution in [0.25, 0.3) is 5.57 Å². The van der Waals surface area contributed by atoms with Crippen LogP contribution in [0.15, 0.2) is 115 Å². The fourth-order valence-corrected chi connectivity index (χ4v) is 10.2. The summed E-state index contributed by atoms with van der Waals surface area (Å²) >= 11 is 0. The molecular weight excluding hydrogens is 709 g/mol. The van der Waals surface area contributed by atoms with Gasteiger partial charge in [0.25, 0.3) is 0 Å². The van der Waals surface area contributed by atoms with Crippen LogP contribution in [0.1, 0.15) is 35.4 Å². The molecule has 3 fully saturated rings. The number of anilines is 2. The van der Waals surface area contributed by atoms with Gasteiger partial charge in [-0.15, -0.1) is 0 Å². The number of fused-ring (bicyclic) bond motifs is 4. The molecule has 3 aliphatic carbocycles. The lowest BCUT2D eigenvalue weighted by molar-refractivity contribution is -0.135. The van der Waals surface area contributed by atoms with Crippen molar-refractivity contribution in [2.75, 3.05) is 50.3 Å². The van der Waals surface area contributed by atoms with Crippen molar-refractivity contribution in [3.63, 3.8) is 0 Å². The van der Waals surface area contributed by atoms with Crippen molar-refractivity contribution in [3.8, 4) is 17.2 Å². The van der Waals surface area contributed by atoms with E-state index in [1.165, 1.54) is 31.3 Å². The number of amides is 2. The number of phenolic OH excluding ortho intramolecular Hbond substituents is 1. The second-order valence-electron chi connectivity index (χ2n) is 15.2. The van der Waals surface area contributed by atoms with Crippen LogP contribution in [0, 0.1) is 23.7 Å². The molecule has 1 saturated carbocycles. The Morgan fingerprint density at radius 1 is 0.786 bits per heavy atom. The summed E-state index contributed by atoms with van der Waals surface area (Å²) in [6, 6.07) is 29.0. The van der Waals surface area contributed by atoms with Crippen molar-refractivity contribution in [1.82, 2.24) is 0 Å². The van der Waals surface area contributed by atoms with Crippen LogP contribution in [0.3, 0.4) is 0 Å². The van der Waals surface area contributed by atoms with E-state index < -0.39 is 35.0 Å². The number of methoxy groups -OCH3 is 2. The largest absolute Gasteiger partial charge is 0.507 e. The van der Waals surface area contributed by atoms with Gasteiger partial charge in [0.15, 0.2) is 11.6 Å². The molecule has 4 aromatic carbocycles. The molecule has 2 heterocycles. The minimum atomic E-state index is -1.52. The summed E-state index contributed by atoms with van der Waals surface area (Å²) in [5.41, 5.74) is 2.54. The second-order valence-corrected chi connectivity index (χ2v) is 15.2. The van der Waals surface area contributed by atoms with Crippen molar-refractivity contribution < 1.29 is 38.5 Å². The van der Waals surface area contributed by atoms with Gasteiger partial charge in [0.2, 0.25) is 11.8 Å². The van der Waals surface area contributed by atoms with Crippen LogP contribution in [0.4, 0.5) is 11.4 Å². The van der Waals surface area contributed by atoms with E-state index >= 15 is 9.59 Å². The minimum absolute atomic E-state index is 0.148. The number of ether oxygens (including phenoxy) is 3. The molecule has 10 heteroatoms. The third kappa shape index (κ3) is 5.33. The average molecular weight is 751 g/mol. The number of allylic oxidation sites excluding steroid dienone is 4. The Morgan fingerprint density at radius 2 is 1.46 bits per heavy atom. The zero-order valence-electron chi connectivity index (χ0n) is 31.2. The van der Waals surface area contributed by atoms with E-state index in [1.807, 2.05) is 91.0 Å². The Labute approximate surface area is 325 Å². The summed E-state index contributed by atoms with van der Waals surface area (Å²) in [5, 5.41) is 12.0. The van der Waals surface area contributed by atoms with Crippen molar-refractivity contribution >= 4 is 40.3 Å². The summed E-state index contributed by atoms with van der Waals surface area (Å²) < 4.78 is 17.0. The van der Waals surface area contributed by atoms with Gasteiger partial charge in [-0.05, 0) is 60.2 Å². The van der Waals surface area contributed by atoms with Gasteiger partial charge in [0.1, 0.15) is 17.2 Å². The number of imide groups is 1. The molecule has 1 N–H and O–H groups in total. The quantitative estimate of drug-likeness (QED) is 0.172. The molecule has 284 valence electrons. The fourth-order valence-electron chi connectivity index (χ4n) is 10.2. The van der Waals surface area contributed by atoms with Gasteiger partial charge >= 0.3 is 0 Å². The second kappa shape index (κ2) is 13.9. The summed E-state index contributed by atoms with van der Waals surface area (Å²) in [6.45, 7) is 2.78. The van der Waals surface area contributed by atoms with E-state index in [0.29, 0.717) is 46.9 Å². The Morgan fingerprint density at radius 3 is 2.14 bits per heavy atom. The first-order chi connectivity index (χ1) is 27.3. The van der Waals surface area contributed by atoms with Gasteiger partial charge in [-0.2, -0.15) is 0 Å². The molecule has 9 rings (SSSR count). The van der Waals surface area contributed by atoms with Crippen LogP contribution in [-0.4, -0.2) is 69.0 Å². The highest BCUT2D eigenvalue weighted by Gasteiger charge is 2.66. The monoisotopic (exact) mass is 750 g/mol. The number of rotatable bonds is 7. The van der Waals surface area contributed by atoms with Gasteiger partial charge in [0.05, 0.1) is 50.4 Å². The molecule has 0 radical (unpaired) electrons. The number of nitrogens with zero attached hydrogens (tertiary/aromatic N) is 2. The minimum Gasteiger partial charge on any atom is -0.507 e. The number of hydrogen-bond donors (Lipinski definition) is 1. The van der Waals surface area contributed by atoms with Gasteiger partial charge in [-0.25, -0.2) is 0 Å². The predicted molar refractivity (Wildman–Crippen MR) is 210 cm³/mol. The number of hydrogen-bond acceptors (Lipinski definition) is 9. The van der Waals surface area contributed by atoms with E-state index in [4.69, 9.17) is 14.2 Å². The van der Waals surface area contributed by atoms with Gasteiger partial charge in [-0.3, -0.25) is 24.1 Å². The SMILES string of the molecule is COc1cc(O)c([C@H]2C3=CC[C@@H]4C(=O)N(c5ccc(N6CCOCC6)cc5)C(=O)[C@@H]4[C@@H]3C[C@H]3C(=O)C(c4ccccc4)=CC(=O)[C@@]23c2ccccc2)c(OC)c1. The summed E-state index contributed by atoms with van der Waals surface area (Å²) in [4.78, 5) is 63.3. The molecule has 2 amide bonds. The molecule has 5 aliphatic rings. The van der Waals surface area contributed by atoms with Crippen molar-refractivity contribution in [3.05, 3.63) is 131 Å². The molecular formula is C46H42N2O8. The lowest BCUT2D eigenvalue weighted by Gasteiger charge is -2.55. The molecule has 0 bridgehead atoms. The van der Waals surface area contributed by atoms with E-state index in [2.05, 4.69) is 4.90 Å². The maximum absolute atomic E-state index is 15.4. The highest BCUT2D eigenvalue weighted by molar-refractivity contribution is 6.32. The number of morpholine rings is 1. The zero-order chi connectivity index (χ0) is 38.7. The topological polar surface area (TPSA) is 123 Å². The molecule has 56 heavy (non-hydrogen) atoms. The maximum Gasteiger partial charge on any atom is 0.238 e. The van der Waals surface area contributed by atoms with Crippen LogP contribution in [0.5, 0.6) is 17.2 Å². The fraction of sp³-hybridized carbons (Fsp3) is 0.304. The first kappa shape index (κ1) is 35.7. The molecule has 0 unspecified atom stereocenters. The molecule has 0 aromatic heterocycles. The molecule has 0 spiro atoms. The number of carbonyl (C=O) groups is 4. The van der Waals surface area contributed by atoms with Crippen molar-refractivity contribution in [2.24, 2.45) is 23.7 Å². The van der Waals surface area contributed by atoms with Gasteiger partial charge in [-0.1, -0.05) is 72.3 Å². The third-order valence-corrected chi connectivity index (χ3v) is 12.7. The molecule has 6 atom stereocenters. The number of Topliss-reactive ketones (excluding diaryl/α,β-unsaturated/α-hetero) is 1. The molecule has 4 aromatic rings. The number of carbonyl (C=O) groups excluding carboxylic acids is 4. The van der Waals surface area contributed by atoms with E-state index in [0.717, 1.165) is 24.4 Å². The van der Waals surface area contributed by atoms with Gasteiger partial charge < -0.3 is 24.2 Å². The zero-order valence-corrected chi connectivity index (χ0v) is 31.2. The highest BCUT2D eigenvalue weighted by atomic mass is 16.5. The first-order valence-electron chi connectivity index (χ1n) is 19.1. The maximum atomic E-state index is 15.4. The average Bonchev–Trinajstić information content (AvgIpc) is 3.50. The number of benzene rings is 4. The molecule has 10 nitrogen and oxygen atoms in total. The Bertz CT molecular complexity index is 2300. The Balaban J connectivity index is 1.22. The standard InChI is InChI=1S/C46H42N2O8/c1-54-31-23-37(49)41(38(24-31)55-2)42-32-17-18-33-40(45(53)48(44(33)52)30-15-13-29(14-16-30)47-19-21-56-22-20-47)35(32)25-36-43(51)34(27-9-5-3-6-10-27)26-39(50)46(36,42)28-11-7-4-8-12-28/h3-17,23-24,26,33,35-36,40,42,49H,18-22,25H2,1-2H3/t33-,35+,36-,40-,42+,46-/m0/s1. The van der Waals surface area contributed by atoms with Gasteiger partial charge in [0, 0.05) is 53.9 Å². The smallest absolute Gasteiger partial charge is 0.238 e. The first-order valence-corrected chi connectivity index (χ1v) is 19.1. The van der Waals surface area contributed by atoms with Crippen LogP contribution in [-0.2, 0) is 29.3 Å². The van der Waals surface area contributed by atoms with Crippen molar-refractivity contribution in [2.45, 2.75) is 24.2 Å². The molecule has 2 saturated heterocycles. The molecule has 2 aliphatic heterocycles. The Kier molecular flexibility index (Phi) is 8.88. The van der Waals surface area contributed by atoms with Crippen molar-refractivity contribution in [1.29, 1.82) is 0 Å². The van der Waals surface area contributed by atoms with Crippen LogP contribution in [0.2, 0.25) is 0 Å². The number of ketones is 2. The lowest BCUT2D eigenvalue weighted by Crippen LogP contribution is -2.58. The summed E-state index contributed by atoms with van der Waals surface area (Å²) in [5.74, 6) is -4.64. The number of phenols is 1. The van der Waals surface area contributed by atoms with Crippen LogP contribution >= 0.6 is 0 Å². The third-order valence-electron chi connectivity index (χ3n) is 12.7. The highest BCUT2D eigenvalue weighted by Crippen LogP contribution is 2.65. The van der Waals surface area contributed by atoms with E-state index in [1.54, 1.807) is 6.07 Å². The Hall–Kier alpha value is -6.00. The van der Waals surface area contributed by atoms with E-state index in [-0.39, 0.29) is 47.7 Å². The van der Waals surface area contributed by atoms with Crippen LogP contribution < -0.4 is 19.3 Å². The lowest BCUT2D eigenvalue weighted by atomic mass is 9.44. The summed E-state index contributed by atoms with van der Waals surface area (Å²) in [6.07, 6.45) is 3.84. The van der Waals surface area contributed by atoms with E-state index in [9.17, 15) is 14.7 Å². The number of aromatic hydroxyl groups is 1. The summed E-state index contributed by atoms with van der Waals surface area (Å²) in [7, 11) is 2.97.